The smallest absolute Gasteiger partial charge is 0.289 e. The molecule has 5 heteroatoms. The number of amides is 1. The predicted molar refractivity (Wildman–Crippen MR) is 51.6 cm³/mol. The molecule has 14 heavy (non-hydrogen) atoms. The van der Waals surface area contributed by atoms with Crippen LogP contribution >= 0.6 is 0 Å². The van der Waals surface area contributed by atoms with E-state index in [4.69, 9.17) is 5.73 Å². The Balaban J connectivity index is 3.99. The molecule has 0 aliphatic heterocycles. The Bertz CT molecular complexity index is 238. The van der Waals surface area contributed by atoms with Gasteiger partial charge < -0.3 is 11.1 Å². The highest BCUT2D eigenvalue weighted by Crippen LogP contribution is 1.94. The van der Waals surface area contributed by atoms with Crippen LogP contribution in [0.3, 0.4) is 0 Å². The summed E-state index contributed by atoms with van der Waals surface area (Å²) < 4.78 is 0. The van der Waals surface area contributed by atoms with E-state index < -0.39 is 17.7 Å². The van der Waals surface area contributed by atoms with Crippen molar-refractivity contribution in [2.24, 2.45) is 5.73 Å². The molecule has 0 saturated heterocycles. The lowest BCUT2D eigenvalue weighted by atomic mass is 10.1. The molecule has 80 valence electrons. The largest absolute Gasteiger partial charge is 0.342 e. The van der Waals surface area contributed by atoms with E-state index in [0.717, 1.165) is 6.42 Å². The Kier molecular flexibility index (Phi) is 5.71. The molecule has 1 atom stereocenters. The Labute approximate surface area is 83.0 Å². The second kappa shape index (κ2) is 6.26. The van der Waals surface area contributed by atoms with E-state index in [1.807, 2.05) is 6.92 Å². The molecule has 0 saturated carbocycles. The summed E-state index contributed by atoms with van der Waals surface area (Å²) in [5.41, 5.74) is 5.44. The van der Waals surface area contributed by atoms with Crippen molar-refractivity contribution < 1.29 is 14.4 Å². The standard InChI is InChI=1S/C9H16N2O3/c1-3-4-7(10)8(13)9(14)11-5-6(2)12/h7H,3-5,10H2,1-2H3,(H,11,14). The summed E-state index contributed by atoms with van der Waals surface area (Å²) in [7, 11) is 0. The van der Waals surface area contributed by atoms with Gasteiger partial charge in [-0.2, -0.15) is 0 Å². The van der Waals surface area contributed by atoms with E-state index in [0.29, 0.717) is 6.42 Å². The summed E-state index contributed by atoms with van der Waals surface area (Å²) in [4.78, 5) is 32.8. The molecule has 0 heterocycles. The molecule has 0 fully saturated rings. The maximum Gasteiger partial charge on any atom is 0.289 e. The number of nitrogens with two attached hydrogens (primary N) is 1. The SMILES string of the molecule is CCCC(N)C(=O)C(=O)NCC(C)=O. The van der Waals surface area contributed by atoms with Gasteiger partial charge in [-0.15, -0.1) is 0 Å². The van der Waals surface area contributed by atoms with Crippen LogP contribution in [0.4, 0.5) is 0 Å². The molecule has 0 rings (SSSR count). The van der Waals surface area contributed by atoms with Crippen LogP contribution in [-0.2, 0) is 14.4 Å². The van der Waals surface area contributed by atoms with Crippen LogP contribution < -0.4 is 11.1 Å². The average molecular weight is 200 g/mol. The number of carbonyl (C=O) groups excluding carboxylic acids is 3. The van der Waals surface area contributed by atoms with Crippen molar-refractivity contribution in [1.82, 2.24) is 5.32 Å². The van der Waals surface area contributed by atoms with Crippen LogP contribution in [0.15, 0.2) is 0 Å². The van der Waals surface area contributed by atoms with Crippen molar-refractivity contribution >= 4 is 17.5 Å². The highest BCUT2D eigenvalue weighted by Gasteiger charge is 2.20. The number of ketones is 2. The molecule has 1 unspecified atom stereocenters. The fourth-order valence-electron chi connectivity index (χ4n) is 0.902. The van der Waals surface area contributed by atoms with Crippen LogP contribution in [-0.4, -0.2) is 30.1 Å². The van der Waals surface area contributed by atoms with Gasteiger partial charge in [0.05, 0.1) is 12.6 Å². The summed E-state index contributed by atoms with van der Waals surface area (Å²) in [6.45, 7) is 3.08. The number of hydrogen-bond acceptors (Lipinski definition) is 4. The molecule has 0 aliphatic rings. The number of nitrogens with one attached hydrogen (secondary N) is 1. The lowest BCUT2D eigenvalue weighted by Crippen LogP contribution is -2.43. The van der Waals surface area contributed by atoms with Crippen LogP contribution in [0.5, 0.6) is 0 Å². The summed E-state index contributed by atoms with van der Waals surface area (Å²) in [5, 5.41) is 2.20. The van der Waals surface area contributed by atoms with Crippen LogP contribution in [0.2, 0.25) is 0 Å². The van der Waals surface area contributed by atoms with Crippen molar-refractivity contribution in [1.29, 1.82) is 0 Å². The van der Waals surface area contributed by atoms with Crippen molar-refractivity contribution in [3.63, 3.8) is 0 Å². The first kappa shape index (κ1) is 12.8. The minimum atomic E-state index is -0.777. The van der Waals surface area contributed by atoms with Crippen molar-refractivity contribution in [3.05, 3.63) is 0 Å². The van der Waals surface area contributed by atoms with Gasteiger partial charge in [0, 0.05) is 0 Å². The number of carbonyl (C=O) groups is 3. The first-order chi connectivity index (χ1) is 6.49. The maximum absolute atomic E-state index is 11.2. The Hall–Kier alpha value is -1.23. The van der Waals surface area contributed by atoms with Gasteiger partial charge >= 0.3 is 0 Å². The topological polar surface area (TPSA) is 89.3 Å². The molecule has 0 aliphatic carbocycles. The van der Waals surface area contributed by atoms with E-state index in [1.54, 1.807) is 0 Å². The zero-order valence-corrected chi connectivity index (χ0v) is 8.50. The van der Waals surface area contributed by atoms with Gasteiger partial charge in [-0.1, -0.05) is 13.3 Å². The number of rotatable bonds is 6. The molecule has 0 radical (unpaired) electrons. The zero-order chi connectivity index (χ0) is 11.1. The third kappa shape index (κ3) is 4.71. The van der Waals surface area contributed by atoms with Crippen molar-refractivity contribution in [3.8, 4) is 0 Å². The summed E-state index contributed by atoms with van der Waals surface area (Å²) in [6.07, 6.45) is 1.22. The van der Waals surface area contributed by atoms with Gasteiger partial charge in [0.25, 0.3) is 5.91 Å². The maximum atomic E-state index is 11.2. The van der Waals surface area contributed by atoms with Gasteiger partial charge in [0.1, 0.15) is 5.78 Å². The first-order valence-corrected chi connectivity index (χ1v) is 4.56. The highest BCUT2D eigenvalue weighted by molar-refractivity contribution is 6.38. The molecular weight excluding hydrogens is 184 g/mol. The molecule has 0 bridgehead atoms. The van der Waals surface area contributed by atoms with E-state index in [2.05, 4.69) is 5.32 Å². The Morgan fingerprint density at radius 1 is 1.36 bits per heavy atom. The molecule has 1 amide bonds. The van der Waals surface area contributed by atoms with E-state index in [1.165, 1.54) is 6.92 Å². The van der Waals surface area contributed by atoms with Gasteiger partial charge in [0.15, 0.2) is 0 Å². The van der Waals surface area contributed by atoms with Crippen LogP contribution in [0.25, 0.3) is 0 Å². The lowest BCUT2D eigenvalue weighted by Gasteiger charge is -2.08. The second-order valence-electron chi connectivity index (χ2n) is 3.14. The monoisotopic (exact) mass is 200 g/mol. The molecule has 0 spiro atoms. The fraction of sp³-hybridized carbons (Fsp3) is 0.667. The summed E-state index contributed by atoms with van der Waals surface area (Å²) in [6, 6.07) is -0.757. The van der Waals surface area contributed by atoms with E-state index in [-0.39, 0.29) is 12.3 Å². The third-order valence-corrected chi connectivity index (χ3v) is 1.66. The van der Waals surface area contributed by atoms with Crippen LogP contribution in [0, 0.1) is 0 Å². The first-order valence-electron chi connectivity index (χ1n) is 4.56. The third-order valence-electron chi connectivity index (χ3n) is 1.66. The average Bonchev–Trinajstić information content (AvgIpc) is 2.13. The van der Waals surface area contributed by atoms with Crippen molar-refractivity contribution in [2.45, 2.75) is 32.7 Å². The predicted octanol–water partition coefficient (Wildman–Crippen LogP) is -0.612. The summed E-state index contributed by atoms with van der Waals surface area (Å²) >= 11 is 0. The normalized spacial score (nSPS) is 11.9. The molecular formula is C9H16N2O3. The molecule has 0 aromatic carbocycles. The van der Waals surface area contributed by atoms with Gasteiger partial charge in [-0.3, -0.25) is 14.4 Å². The molecule has 5 nitrogen and oxygen atoms in total. The second-order valence-corrected chi connectivity index (χ2v) is 3.14. The van der Waals surface area contributed by atoms with E-state index in [9.17, 15) is 14.4 Å². The number of Topliss-reactive ketones (excluding diaryl/α,β-unsaturated/α-hetero) is 2. The fourth-order valence-corrected chi connectivity index (χ4v) is 0.902. The van der Waals surface area contributed by atoms with Crippen LogP contribution in [0.1, 0.15) is 26.7 Å². The highest BCUT2D eigenvalue weighted by atomic mass is 16.2. The van der Waals surface area contributed by atoms with Gasteiger partial charge in [-0.25, -0.2) is 0 Å². The Morgan fingerprint density at radius 3 is 2.36 bits per heavy atom. The summed E-state index contributed by atoms with van der Waals surface area (Å²) in [5.74, 6) is -1.63. The minimum Gasteiger partial charge on any atom is -0.342 e. The number of hydrogen-bond donors (Lipinski definition) is 2. The molecule has 3 N–H and O–H groups in total. The van der Waals surface area contributed by atoms with E-state index >= 15 is 0 Å². The quantitative estimate of drug-likeness (QED) is 0.560. The minimum absolute atomic E-state index is 0.122. The van der Waals surface area contributed by atoms with Gasteiger partial charge in [0.2, 0.25) is 5.78 Å². The van der Waals surface area contributed by atoms with Crippen molar-refractivity contribution in [2.75, 3.05) is 6.54 Å². The molecule has 0 aromatic heterocycles. The van der Waals surface area contributed by atoms with Gasteiger partial charge in [-0.05, 0) is 13.3 Å². The Morgan fingerprint density at radius 2 is 1.93 bits per heavy atom. The zero-order valence-electron chi connectivity index (χ0n) is 8.50. The molecule has 0 aromatic rings. The lowest BCUT2D eigenvalue weighted by molar-refractivity contribution is -0.139.